The van der Waals surface area contributed by atoms with Crippen LogP contribution in [0.1, 0.15) is 16.7 Å². The van der Waals surface area contributed by atoms with Gasteiger partial charge in [-0.2, -0.15) is 10.4 Å². The normalized spacial score (nSPS) is 14.4. The van der Waals surface area contributed by atoms with Gasteiger partial charge in [0.15, 0.2) is 0 Å². The SMILES string of the molecule is CNCc1cc(C)c(-c2nc3c(-c4ccc(N5CCN(C)CC5)nc4)n[nH]c3cc2C#N)c(F)c1. The predicted molar refractivity (Wildman–Crippen MR) is 134 cm³/mol. The fraction of sp³-hybridized carbons (Fsp3) is 0.308. The van der Waals surface area contributed by atoms with E-state index in [2.05, 4.69) is 43.4 Å². The first-order valence-corrected chi connectivity index (χ1v) is 11.6. The molecule has 0 bridgehead atoms. The van der Waals surface area contributed by atoms with Gasteiger partial charge in [0.1, 0.15) is 28.9 Å². The molecule has 0 spiro atoms. The molecule has 3 aromatic heterocycles. The van der Waals surface area contributed by atoms with E-state index in [1.165, 1.54) is 6.07 Å². The standard InChI is InChI=1S/C26H27FN8/c1-16-10-17(14-29-2)11-20(27)23(16)24-19(13-28)12-21-26(31-24)25(33-32-21)18-4-5-22(30-15-18)35-8-6-34(3)7-9-35/h4-5,10-12,15,29H,6-9,14H2,1-3H3,(H,32,33). The van der Waals surface area contributed by atoms with E-state index >= 15 is 4.39 Å². The monoisotopic (exact) mass is 470 g/mol. The summed E-state index contributed by atoms with van der Waals surface area (Å²) in [5, 5.41) is 20.2. The lowest BCUT2D eigenvalue weighted by Gasteiger charge is -2.33. The predicted octanol–water partition coefficient (Wildman–Crippen LogP) is 3.48. The van der Waals surface area contributed by atoms with Crippen molar-refractivity contribution in [2.24, 2.45) is 0 Å². The minimum atomic E-state index is -0.401. The molecule has 9 heteroatoms. The van der Waals surface area contributed by atoms with Crippen molar-refractivity contribution in [3.8, 4) is 28.6 Å². The molecule has 2 N–H and O–H groups in total. The van der Waals surface area contributed by atoms with E-state index in [-0.39, 0.29) is 0 Å². The summed E-state index contributed by atoms with van der Waals surface area (Å²) in [6.07, 6.45) is 1.79. The van der Waals surface area contributed by atoms with Gasteiger partial charge in [0.25, 0.3) is 0 Å². The topological polar surface area (TPSA) is 96.8 Å². The molecule has 0 saturated carbocycles. The number of hydrogen-bond donors (Lipinski definition) is 2. The molecule has 1 aliphatic rings. The summed E-state index contributed by atoms with van der Waals surface area (Å²) in [5.74, 6) is 0.531. The highest BCUT2D eigenvalue weighted by molar-refractivity contribution is 5.92. The smallest absolute Gasteiger partial charge is 0.133 e. The van der Waals surface area contributed by atoms with Gasteiger partial charge >= 0.3 is 0 Å². The van der Waals surface area contributed by atoms with Crippen LogP contribution < -0.4 is 10.2 Å². The molecule has 178 valence electrons. The van der Waals surface area contributed by atoms with Gasteiger partial charge in [0.05, 0.1) is 16.8 Å². The Kier molecular flexibility index (Phi) is 6.16. The number of pyridine rings is 2. The van der Waals surface area contributed by atoms with Gasteiger partial charge in [-0.3, -0.25) is 5.10 Å². The number of nitriles is 1. The summed E-state index contributed by atoms with van der Waals surface area (Å²) in [6.45, 7) is 6.28. The molecule has 1 aliphatic heterocycles. The van der Waals surface area contributed by atoms with Gasteiger partial charge in [-0.1, -0.05) is 6.07 Å². The van der Waals surface area contributed by atoms with Crippen LogP contribution in [-0.2, 0) is 6.54 Å². The van der Waals surface area contributed by atoms with Gasteiger partial charge in [-0.05, 0) is 56.4 Å². The highest BCUT2D eigenvalue weighted by atomic mass is 19.1. The van der Waals surface area contributed by atoms with Crippen LogP contribution in [0.4, 0.5) is 10.2 Å². The van der Waals surface area contributed by atoms with Crippen molar-refractivity contribution in [1.29, 1.82) is 5.26 Å². The van der Waals surface area contributed by atoms with Gasteiger partial charge in [-0.15, -0.1) is 0 Å². The van der Waals surface area contributed by atoms with E-state index in [0.29, 0.717) is 40.1 Å². The van der Waals surface area contributed by atoms with Crippen LogP contribution in [0.2, 0.25) is 0 Å². The lowest BCUT2D eigenvalue weighted by molar-refractivity contribution is 0.312. The number of hydrogen-bond acceptors (Lipinski definition) is 7. The molecule has 1 fully saturated rings. The molecule has 1 saturated heterocycles. The van der Waals surface area contributed by atoms with Crippen LogP contribution in [0.3, 0.4) is 0 Å². The third kappa shape index (κ3) is 4.34. The largest absolute Gasteiger partial charge is 0.354 e. The molecule has 0 radical (unpaired) electrons. The number of halogens is 1. The first-order valence-electron chi connectivity index (χ1n) is 11.6. The van der Waals surface area contributed by atoms with E-state index in [0.717, 1.165) is 48.7 Å². The molecule has 35 heavy (non-hydrogen) atoms. The number of anilines is 1. The summed E-state index contributed by atoms with van der Waals surface area (Å²) in [6, 6.07) is 11.2. The molecule has 1 aromatic carbocycles. The number of likely N-dealkylation sites (N-methyl/N-ethyl adjacent to an activating group) is 1. The number of fused-ring (bicyclic) bond motifs is 1. The average molecular weight is 471 g/mol. The lowest BCUT2D eigenvalue weighted by atomic mass is 9.98. The number of aryl methyl sites for hydroxylation is 1. The van der Waals surface area contributed by atoms with E-state index in [1.54, 1.807) is 12.3 Å². The van der Waals surface area contributed by atoms with E-state index in [9.17, 15) is 5.26 Å². The Morgan fingerprint density at radius 3 is 2.60 bits per heavy atom. The number of H-pyrrole nitrogens is 1. The van der Waals surface area contributed by atoms with Crippen molar-refractivity contribution in [3.63, 3.8) is 0 Å². The maximum absolute atomic E-state index is 15.2. The van der Waals surface area contributed by atoms with E-state index < -0.39 is 5.82 Å². The molecule has 4 heterocycles. The Labute approximate surface area is 203 Å². The maximum Gasteiger partial charge on any atom is 0.133 e. The Balaban J connectivity index is 1.55. The van der Waals surface area contributed by atoms with Crippen molar-refractivity contribution < 1.29 is 4.39 Å². The summed E-state index contributed by atoms with van der Waals surface area (Å²) in [4.78, 5) is 14.0. The zero-order valence-electron chi connectivity index (χ0n) is 20.1. The average Bonchev–Trinajstić information content (AvgIpc) is 3.27. The Morgan fingerprint density at radius 1 is 1.14 bits per heavy atom. The van der Waals surface area contributed by atoms with Crippen molar-refractivity contribution in [3.05, 3.63) is 59.0 Å². The second-order valence-electron chi connectivity index (χ2n) is 8.96. The molecule has 4 aromatic rings. The highest BCUT2D eigenvalue weighted by Gasteiger charge is 2.21. The van der Waals surface area contributed by atoms with Crippen molar-refractivity contribution in [2.75, 3.05) is 45.2 Å². The summed E-state index contributed by atoms with van der Waals surface area (Å²) in [5.41, 5.74) is 5.11. The van der Waals surface area contributed by atoms with Gasteiger partial charge in [0.2, 0.25) is 0 Å². The fourth-order valence-electron chi connectivity index (χ4n) is 4.60. The van der Waals surface area contributed by atoms with Crippen molar-refractivity contribution in [1.82, 2.24) is 30.4 Å². The van der Waals surface area contributed by atoms with Gasteiger partial charge < -0.3 is 15.1 Å². The second kappa shape index (κ2) is 9.41. The molecule has 8 nitrogen and oxygen atoms in total. The minimum absolute atomic E-state index is 0.291. The summed E-state index contributed by atoms with van der Waals surface area (Å²) < 4.78 is 15.2. The number of benzene rings is 1. The maximum atomic E-state index is 15.2. The number of nitrogens with zero attached hydrogens (tertiary/aromatic N) is 6. The number of nitrogens with one attached hydrogen (secondary N) is 2. The van der Waals surface area contributed by atoms with Crippen LogP contribution in [-0.4, -0.2) is 65.3 Å². The number of rotatable bonds is 5. The number of aromatic nitrogens is 4. The number of piperazine rings is 1. The Bertz CT molecular complexity index is 1390. The minimum Gasteiger partial charge on any atom is -0.354 e. The van der Waals surface area contributed by atoms with Crippen molar-refractivity contribution in [2.45, 2.75) is 13.5 Å². The van der Waals surface area contributed by atoms with Crippen LogP contribution in [0.15, 0.2) is 36.5 Å². The quantitative estimate of drug-likeness (QED) is 0.461. The first-order chi connectivity index (χ1) is 17.0. The van der Waals surface area contributed by atoms with Crippen LogP contribution in [0, 0.1) is 24.1 Å². The van der Waals surface area contributed by atoms with Crippen LogP contribution >= 0.6 is 0 Å². The summed E-state index contributed by atoms with van der Waals surface area (Å²) in [7, 11) is 3.94. The van der Waals surface area contributed by atoms with Gasteiger partial charge in [0, 0.05) is 50.0 Å². The molecule has 0 amide bonds. The fourth-order valence-corrected chi connectivity index (χ4v) is 4.60. The molecule has 0 unspecified atom stereocenters. The van der Waals surface area contributed by atoms with E-state index in [1.807, 2.05) is 32.2 Å². The van der Waals surface area contributed by atoms with E-state index in [4.69, 9.17) is 4.98 Å². The third-order valence-electron chi connectivity index (χ3n) is 6.47. The van der Waals surface area contributed by atoms with Gasteiger partial charge in [-0.25, -0.2) is 14.4 Å². The third-order valence-corrected chi connectivity index (χ3v) is 6.47. The Morgan fingerprint density at radius 2 is 1.94 bits per heavy atom. The summed E-state index contributed by atoms with van der Waals surface area (Å²) >= 11 is 0. The zero-order valence-corrected chi connectivity index (χ0v) is 20.1. The highest BCUT2D eigenvalue weighted by Crippen LogP contribution is 2.33. The zero-order chi connectivity index (χ0) is 24.5. The first kappa shape index (κ1) is 22.9. The molecular weight excluding hydrogens is 443 g/mol. The molecule has 0 aliphatic carbocycles. The Hall–Kier alpha value is -3.87. The second-order valence-corrected chi connectivity index (χ2v) is 8.96. The molecule has 0 atom stereocenters. The molecular formula is C26H27FN8. The molecule has 5 rings (SSSR count). The lowest BCUT2D eigenvalue weighted by Crippen LogP contribution is -2.44. The number of aromatic amines is 1. The van der Waals surface area contributed by atoms with Crippen LogP contribution in [0.25, 0.3) is 33.5 Å². The van der Waals surface area contributed by atoms with Crippen molar-refractivity contribution >= 4 is 16.9 Å². The van der Waals surface area contributed by atoms with Crippen LogP contribution in [0.5, 0.6) is 0 Å².